The Morgan fingerprint density at radius 3 is 2.76 bits per heavy atom. The molecule has 0 bridgehead atoms. The Morgan fingerprint density at radius 1 is 1.28 bits per heavy atom. The Morgan fingerprint density at radius 2 is 2.04 bits per heavy atom. The third-order valence-corrected chi connectivity index (χ3v) is 7.32. The summed E-state index contributed by atoms with van der Waals surface area (Å²) in [5.41, 5.74) is 0.796. The maximum Gasteiger partial charge on any atom is 0.446 e. The first-order valence-electron chi connectivity index (χ1n) is 8.82. The predicted molar refractivity (Wildman–Crippen MR) is 90.5 cm³/mol. The molecule has 3 N–H and O–H groups in total. The van der Waals surface area contributed by atoms with E-state index in [0.717, 1.165) is 24.8 Å². The molecular weight excluding hydrogens is 344 g/mol. The monoisotopic (exact) mass is 368 g/mol. The molecular formula is C18H24O6S. The third-order valence-electron chi connectivity index (χ3n) is 6.92. The molecule has 25 heavy (non-hydrogen) atoms. The highest BCUT2D eigenvalue weighted by Crippen LogP contribution is 2.60. The van der Waals surface area contributed by atoms with Crippen molar-refractivity contribution in [3.8, 4) is 0 Å². The van der Waals surface area contributed by atoms with Crippen molar-refractivity contribution in [2.24, 2.45) is 29.1 Å². The lowest BCUT2D eigenvalue weighted by atomic mass is 9.54. The van der Waals surface area contributed by atoms with Crippen molar-refractivity contribution in [3.05, 3.63) is 35.6 Å². The van der Waals surface area contributed by atoms with Gasteiger partial charge in [-0.2, -0.15) is 8.42 Å². The maximum atomic E-state index is 10.9. The molecule has 4 unspecified atom stereocenters. The van der Waals surface area contributed by atoms with Gasteiger partial charge in [0.25, 0.3) is 0 Å². The number of hydrogen-bond acceptors (Lipinski definition) is 5. The van der Waals surface area contributed by atoms with E-state index < -0.39 is 22.6 Å². The topological polar surface area (TPSA) is 104 Å². The Hall–Kier alpha value is -1.15. The van der Waals surface area contributed by atoms with Gasteiger partial charge in [-0.05, 0) is 66.6 Å². The standard InChI is InChI=1S/C18H24O6S/c1-18-7-6-13-12-5-3-11(24-25(21,22)23)8-10(12)2-4-14(13)15(18)9-16(19)17(18)20/h2-3,5,8,12-17,19-20H,4,6-7,9H2,1H3,(H,21,22,23)/t12?,13?,14?,15?,16-,17+,18-/m0/s1. The van der Waals surface area contributed by atoms with Crippen molar-refractivity contribution in [1.29, 1.82) is 0 Å². The number of hydrogen-bond donors (Lipinski definition) is 3. The van der Waals surface area contributed by atoms with Crippen LogP contribution in [-0.2, 0) is 14.6 Å². The highest BCUT2D eigenvalue weighted by molar-refractivity contribution is 7.81. The van der Waals surface area contributed by atoms with Gasteiger partial charge in [-0.3, -0.25) is 4.55 Å². The van der Waals surface area contributed by atoms with E-state index in [9.17, 15) is 18.6 Å². The molecule has 0 spiro atoms. The molecule has 2 fully saturated rings. The van der Waals surface area contributed by atoms with Gasteiger partial charge in [0.2, 0.25) is 0 Å². The van der Waals surface area contributed by atoms with Crippen LogP contribution in [-0.4, -0.2) is 35.4 Å². The fourth-order valence-electron chi connectivity index (χ4n) is 5.74. The first kappa shape index (κ1) is 17.3. The van der Waals surface area contributed by atoms with E-state index in [-0.39, 0.29) is 17.1 Å². The number of fused-ring (bicyclic) bond motifs is 5. The van der Waals surface area contributed by atoms with Crippen LogP contribution in [0.1, 0.15) is 32.6 Å². The molecule has 0 saturated heterocycles. The molecule has 4 aliphatic rings. The number of aliphatic hydroxyl groups excluding tert-OH is 2. The molecule has 0 heterocycles. The van der Waals surface area contributed by atoms with Gasteiger partial charge in [0.1, 0.15) is 5.76 Å². The van der Waals surface area contributed by atoms with Crippen molar-refractivity contribution in [3.63, 3.8) is 0 Å². The first-order chi connectivity index (χ1) is 11.7. The molecule has 0 radical (unpaired) electrons. The van der Waals surface area contributed by atoms with Gasteiger partial charge >= 0.3 is 10.4 Å². The number of aliphatic hydroxyl groups is 2. The lowest BCUT2D eigenvalue weighted by Crippen LogP contribution is -2.46. The molecule has 0 aromatic rings. The Labute approximate surface area is 147 Å². The zero-order valence-corrected chi connectivity index (χ0v) is 14.9. The molecule has 0 aromatic carbocycles. The van der Waals surface area contributed by atoms with Gasteiger partial charge in [0.05, 0.1) is 12.2 Å². The summed E-state index contributed by atoms with van der Waals surface area (Å²) in [5.74, 6) is 1.42. The van der Waals surface area contributed by atoms with Crippen molar-refractivity contribution < 1.29 is 27.4 Å². The van der Waals surface area contributed by atoms with Crippen molar-refractivity contribution in [2.75, 3.05) is 0 Å². The van der Waals surface area contributed by atoms with Crippen molar-refractivity contribution in [1.82, 2.24) is 0 Å². The van der Waals surface area contributed by atoms with Crippen LogP contribution in [0.5, 0.6) is 0 Å². The molecule has 138 valence electrons. The van der Waals surface area contributed by atoms with E-state index in [1.807, 2.05) is 6.08 Å². The summed E-state index contributed by atoms with van der Waals surface area (Å²) >= 11 is 0. The minimum Gasteiger partial charge on any atom is -0.390 e. The second-order valence-corrected chi connectivity index (χ2v) is 9.13. The van der Waals surface area contributed by atoms with Gasteiger partial charge in [0, 0.05) is 5.92 Å². The Kier molecular flexibility index (Phi) is 3.92. The molecule has 4 aliphatic carbocycles. The van der Waals surface area contributed by atoms with E-state index in [1.54, 1.807) is 12.2 Å². The van der Waals surface area contributed by atoms with Gasteiger partial charge < -0.3 is 14.4 Å². The summed E-state index contributed by atoms with van der Waals surface area (Å²) in [6.07, 6.45) is 9.38. The number of rotatable bonds is 2. The van der Waals surface area contributed by atoms with Gasteiger partial charge in [-0.25, -0.2) is 0 Å². The van der Waals surface area contributed by atoms with Crippen LogP contribution in [0.3, 0.4) is 0 Å². The zero-order valence-electron chi connectivity index (χ0n) is 14.1. The maximum absolute atomic E-state index is 10.9. The molecule has 0 aromatic heterocycles. The largest absolute Gasteiger partial charge is 0.446 e. The second kappa shape index (κ2) is 5.67. The summed E-state index contributed by atoms with van der Waals surface area (Å²) in [6.45, 7) is 2.10. The van der Waals surface area contributed by atoms with E-state index in [0.29, 0.717) is 24.2 Å². The average Bonchev–Trinajstić information content (AvgIpc) is 2.76. The molecule has 0 amide bonds. The van der Waals surface area contributed by atoms with Crippen LogP contribution >= 0.6 is 0 Å². The quantitative estimate of drug-likeness (QED) is 0.644. The molecule has 7 atom stereocenters. The average molecular weight is 368 g/mol. The molecule has 7 heteroatoms. The lowest BCUT2D eigenvalue weighted by Gasteiger charge is -2.51. The van der Waals surface area contributed by atoms with E-state index >= 15 is 0 Å². The fraction of sp³-hybridized carbons (Fsp3) is 0.667. The Balaban J connectivity index is 1.61. The minimum absolute atomic E-state index is 0.121. The third kappa shape index (κ3) is 2.77. The second-order valence-electron chi connectivity index (χ2n) is 8.11. The fourth-order valence-corrected chi connectivity index (χ4v) is 6.08. The predicted octanol–water partition coefficient (Wildman–Crippen LogP) is 1.98. The van der Waals surface area contributed by atoms with Crippen LogP contribution in [0, 0.1) is 29.1 Å². The Bertz CT molecular complexity index is 766. The van der Waals surface area contributed by atoms with E-state index in [1.165, 1.54) is 0 Å². The zero-order chi connectivity index (χ0) is 18.0. The molecule has 4 rings (SSSR count). The summed E-state index contributed by atoms with van der Waals surface area (Å²) in [6, 6.07) is 0. The van der Waals surface area contributed by atoms with Crippen LogP contribution in [0.25, 0.3) is 0 Å². The van der Waals surface area contributed by atoms with Gasteiger partial charge in [-0.15, -0.1) is 0 Å². The van der Waals surface area contributed by atoms with Crippen LogP contribution in [0.2, 0.25) is 0 Å². The summed E-state index contributed by atoms with van der Waals surface area (Å²) in [7, 11) is -4.52. The van der Waals surface area contributed by atoms with Gasteiger partial charge in [0.15, 0.2) is 0 Å². The SMILES string of the molecule is C[C@]12CCC3C4C=CC(OS(=O)(=O)O)=CC4=CCC3C1C[C@H](O)[C@H]2O. The first-order valence-corrected chi connectivity index (χ1v) is 10.2. The molecule has 0 aliphatic heterocycles. The van der Waals surface area contributed by atoms with Crippen LogP contribution in [0.4, 0.5) is 0 Å². The summed E-state index contributed by atoms with van der Waals surface area (Å²) in [4.78, 5) is 0. The molecule has 2 saturated carbocycles. The highest BCUT2D eigenvalue weighted by atomic mass is 32.3. The highest BCUT2D eigenvalue weighted by Gasteiger charge is 2.58. The number of allylic oxidation sites excluding steroid dienone is 5. The smallest absolute Gasteiger partial charge is 0.390 e. The normalized spacial score (nSPS) is 45.8. The van der Waals surface area contributed by atoms with E-state index in [4.69, 9.17) is 4.55 Å². The van der Waals surface area contributed by atoms with Crippen LogP contribution < -0.4 is 0 Å². The molecule has 6 nitrogen and oxygen atoms in total. The van der Waals surface area contributed by atoms with Crippen LogP contribution in [0.15, 0.2) is 35.6 Å². The minimum atomic E-state index is -4.52. The lowest BCUT2D eigenvalue weighted by molar-refractivity contribution is -0.0611. The summed E-state index contributed by atoms with van der Waals surface area (Å²) < 4.78 is 35.2. The van der Waals surface area contributed by atoms with Crippen molar-refractivity contribution in [2.45, 2.75) is 44.8 Å². The van der Waals surface area contributed by atoms with Gasteiger partial charge in [-0.1, -0.05) is 19.1 Å². The summed E-state index contributed by atoms with van der Waals surface area (Å²) in [5, 5.41) is 20.6. The van der Waals surface area contributed by atoms with Crippen molar-refractivity contribution >= 4 is 10.4 Å². The van der Waals surface area contributed by atoms with E-state index in [2.05, 4.69) is 17.2 Å².